The predicted molar refractivity (Wildman–Crippen MR) is 85.6 cm³/mol. The number of nitriles is 1. The molecule has 0 saturated heterocycles. The minimum absolute atomic E-state index is 0.108. The minimum atomic E-state index is -0.755. The van der Waals surface area contributed by atoms with Gasteiger partial charge in [-0.05, 0) is 5.56 Å². The third-order valence-electron chi connectivity index (χ3n) is 4.16. The Bertz CT molecular complexity index is 963. The Balaban J connectivity index is 2.44. The summed E-state index contributed by atoms with van der Waals surface area (Å²) in [5.41, 5.74) is 6.12. The molecule has 0 radical (unpaired) electrons. The quantitative estimate of drug-likeness (QED) is 0.820. The summed E-state index contributed by atoms with van der Waals surface area (Å²) in [6.45, 7) is 0. The van der Waals surface area contributed by atoms with Crippen molar-refractivity contribution in [2.24, 2.45) is 30.7 Å². The summed E-state index contributed by atoms with van der Waals surface area (Å²) in [5.74, 6) is -0.984. The van der Waals surface area contributed by atoms with Crippen LogP contribution in [0.15, 0.2) is 44.9 Å². The van der Waals surface area contributed by atoms with Crippen LogP contribution >= 0.6 is 0 Å². The van der Waals surface area contributed by atoms with Crippen molar-refractivity contribution < 1.29 is 0 Å². The molecular weight excluding hydrogens is 294 g/mol. The molecule has 0 spiro atoms. The van der Waals surface area contributed by atoms with Crippen LogP contribution in [0.2, 0.25) is 0 Å². The highest BCUT2D eigenvalue weighted by Gasteiger charge is 2.37. The van der Waals surface area contributed by atoms with E-state index in [0.717, 1.165) is 10.1 Å². The first-order valence-corrected chi connectivity index (χ1v) is 7.06. The van der Waals surface area contributed by atoms with Crippen LogP contribution in [0.3, 0.4) is 0 Å². The predicted octanol–water partition coefficient (Wildman–Crippen LogP) is 0.358. The van der Waals surface area contributed by atoms with Gasteiger partial charge in [-0.25, -0.2) is 9.79 Å². The van der Waals surface area contributed by atoms with E-state index in [9.17, 15) is 14.9 Å². The Labute approximate surface area is 131 Å². The molecule has 1 aromatic carbocycles. The zero-order chi connectivity index (χ0) is 16.7. The summed E-state index contributed by atoms with van der Waals surface area (Å²) in [4.78, 5) is 28.9. The highest BCUT2D eigenvalue weighted by atomic mass is 16.2. The van der Waals surface area contributed by atoms with Gasteiger partial charge in [-0.3, -0.25) is 13.9 Å². The lowest BCUT2D eigenvalue weighted by Crippen LogP contribution is -2.43. The zero-order valence-electron chi connectivity index (χ0n) is 12.7. The van der Waals surface area contributed by atoms with Crippen molar-refractivity contribution >= 4 is 11.7 Å². The number of aliphatic imine (C=N–C) groups is 1. The third kappa shape index (κ3) is 2.07. The van der Waals surface area contributed by atoms with Gasteiger partial charge in [0, 0.05) is 20.0 Å². The van der Waals surface area contributed by atoms with Gasteiger partial charge < -0.3 is 5.73 Å². The molecule has 2 aromatic rings. The van der Waals surface area contributed by atoms with Crippen molar-refractivity contribution in [1.82, 2.24) is 9.13 Å². The lowest BCUT2D eigenvalue weighted by Gasteiger charge is -2.28. The van der Waals surface area contributed by atoms with E-state index in [1.54, 1.807) is 0 Å². The molecule has 1 aliphatic rings. The van der Waals surface area contributed by atoms with E-state index in [1.165, 1.54) is 18.7 Å². The molecule has 1 aliphatic heterocycles. The maximum Gasteiger partial charge on any atom is 0.332 e. The summed E-state index contributed by atoms with van der Waals surface area (Å²) < 4.78 is 2.31. The summed E-state index contributed by atoms with van der Waals surface area (Å²) in [5, 5.41) is 9.51. The molecular formula is C16H15N5O2. The van der Waals surface area contributed by atoms with Crippen LogP contribution in [0.4, 0.5) is 5.82 Å². The molecule has 0 bridgehead atoms. The number of benzene rings is 1. The average Bonchev–Trinajstić information content (AvgIpc) is 2.57. The first-order chi connectivity index (χ1) is 11.0. The number of nitrogens with two attached hydrogens (primary N) is 1. The van der Waals surface area contributed by atoms with Crippen LogP contribution in [0.5, 0.6) is 0 Å². The topological polar surface area (TPSA) is 106 Å². The number of nitrogens with zero attached hydrogens (tertiary/aromatic N) is 4. The fourth-order valence-corrected chi connectivity index (χ4v) is 2.96. The van der Waals surface area contributed by atoms with Crippen molar-refractivity contribution in [2.45, 2.75) is 5.92 Å². The molecule has 7 heteroatoms. The fraction of sp³-hybridized carbons (Fsp3) is 0.250. The van der Waals surface area contributed by atoms with E-state index in [2.05, 4.69) is 11.1 Å². The lowest BCUT2D eigenvalue weighted by molar-refractivity contribution is 0.620. The van der Waals surface area contributed by atoms with Gasteiger partial charge in [0.05, 0.1) is 11.6 Å². The molecule has 0 aliphatic carbocycles. The second kappa shape index (κ2) is 5.25. The molecule has 2 atom stereocenters. The van der Waals surface area contributed by atoms with Crippen LogP contribution < -0.4 is 17.0 Å². The normalized spacial score (nSPS) is 19.6. The van der Waals surface area contributed by atoms with E-state index in [0.29, 0.717) is 5.56 Å². The molecule has 116 valence electrons. The molecule has 2 N–H and O–H groups in total. The maximum atomic E-state index is 12.7. The molecule has 23 heavy (non-hydrogen) atoms. The molecule has 0 saturated carbocycles. The number of aromatic nitrogens is 2. The van der Waals surface area contributed by atoms with Crippen LogP contribution in [0.1, 0.15) is 17.0 Å². The molecule has 2 heterocycles. The first kappa shape index (κ1) is 14.8. The maximum absolute atomic E-state index is 12.7. The Hall–Kier alpha value is -3.14. The van der Waals surface area contributed by atoms with Crippen LogP contribution in [0, 0.1) is 17.2 Å². The SMILES string of the molecule is Cn1c2c(c(=O)n(C)c1=O)C(c1ccccc1)C(C#N)C(N)=N2. The van der Waals surface area contributed by atoms with Crippen molar-refractivity contribution in [3.05, 3.63) is 62.3 Å². The van der Waals surface area contributed by atoms with Gasteiger partial charge in [-0.15, -0.1) is 0 Å². The zero-order valence-corrected chi connectivity index (χ0v) is 12.7. The van der Waals surface area contributed by atoms with E-state index in [1.807, 2.05) is 30.3 Å². The highest BCUT2D eigenvalue weighted by Crippen LogP contribution is 2.38. The van der Waals surface area contributed by atoms with Crippen molar-refractivity contribution in [3.63, 3.8) is 0 Å². The second-order valence-electron chi connectivity index (χ2n) is 5.47. The standard InChI is InChI=1S/C16H15N5O2/c1-20-14-12(15(22)21(2)16(20)23)11(9-6-4-3-5-7-9)10(8-17)13(18)19-14/h3-7,10-11H,1-2H3,(H2,18,19). The Morgan fingerprint density at radius 1 is 1.17 bits per heavy atom. The summed E-state index contributed by atoms with van der Waals surface area (Å²) >= 11 is 0. The van der Waals surface area contributed by atoms with Gasteiger partial charge in [0.25, 0.3) is 5.56 Å². The van der Waals surface area contributed by atoms with Crippen molar-refractivity contribution in [3.8, 4) is 6.07 Å². The van der Waals surface area contributed by atoms with Crippen molar-refractivity contribution in [2.75, 3.05) is 0 Å². The van der Waals surface area contributed by atoms with Crippen LogP contribution in [-0.4, -0.2) is 15.0 Å². The van der Waals surface area contributed by atoms with E-state index in [-0.39, 0.29) is 11.7 Å². The number of rotatable bonds is 1. The van der Waals surface area contributed by atoms with Gasteiger partial charge >= 0.3 is 5.69 Å². The lowest BCUT2D eigenvalue weighted by atomic mass is 9.79. The Morgan fingerprint density at radius 3 is 2.43 bits per heavy atom. The van der Waals surface area contributed by atoms with Gasteiger partial charge in [0.1, 0.15) is 17.6 Å². The Kier molecular flexibility index (Phi) is 3.37. The molecule has 0 fully saturated rings. The smallest absolute Gasteiger partial charge is 0.332 e. The summed E-state index contributed by atoms with van der Waals surface area (Å²) in [7, 11) is 2.95. The number of hydrogen-bond acceptors (Lipinski definition) is 5. The molecule has 3 rings (SSSR count). The fourth-order valence-electron chi connectivity index (χ4n) is 2.96. The summed E-state index contributed by atoms with van der Waals surface area (Å²) in [6, 6.07) is 11.3. The average molecular weight is 309 g/mol. The molecule has 7 nitrogen and oxygen atoms in total. The van der Waals surface area contributed by atoms with E-state index in [4.69, 9.17) is 5.73 Å². The van der Waals surface area contributed by atoms with E-state index < -0.39 is 23.1 Å². The van der Waals surface area contributed by atoms with Crippen molar-refractivity contribution in [1.29, 1.82) is 5.26 Å². The van der Waals surface area contributed by atoms with E-state index >= 15 is 0 Å². The monoisotopic (exact) mass is 309 g/mol. The Morgan fingerprint density at radius 2 is 1.83 bits per heavy atom. The van der Waals surface area contributed by atoms with Gasteiger partial charge in [-0.1, -0.05) is 30.3 Å². The highest BCUT2D eigenvalue weighted by molar-refractivity contribution is 5.91. The molecule has 0 amide bonds. The summed E-state index contributed by atoms with van der Waals surface area (Å²) in [6.07, 6.45) is 0. The third-order valence-corrected chi connectivity index (χ3v) is 4.16. The second-order valence-corrected chi connectivity index (χ2v) is 5.47. The number of fused-ring (bicyclic) bond motifs is 1. The van der Waals surface area contributed by atoms with Crippen LogP contribution in [-0.2, 0) is 14.1 Å². The first-order valence-electron chi connectivity index (χ1n) is 7.06. The van der Waals surface area contributed by atoms with Crippen LogP contribution in [0.25, 0.3) is 0 Å². The largest absolute Gasteiger partial charge is 0.386 e. The minimum Gasteiger partial charge on any atom is -0.386 e. The molecule has 1 aromatic heterocycles. The van der Waals surface area contributed by atoms with Gasteiger partial charge in [0.2, 0.25) is 0 Å². The number of amidine groups is 1. The van der Waals surface area contributed by atoms with Gasteiger partial charge in [-0.2, -0.15) is 5.26 Å². The molecule has 2 unspecified atom stereocenters. The number of hydrogen-bond donors (Lipinski definition) is 1. The van der Waals surface area contributed by atoms with Gasteiger partial charge in [0.15, 0.2) is 0 Å².